The summed E-state index contributed by atoms with van der Waals surface area (Å²) in [6.07, 6.45) is 0.667. The Morgan fingerprint density at radius 2 is 1.39 bits per heavy atom. The average molecular weight is 412 g/mol. The number of carbonyl (C=O) groups excluding carboxylic acids is 3. The molecule has 2 unspecified atom stereocenters. The van der Waals surface area contributed by atoms with Crippen molar-refractivity contribution in [1.29, 1.82) is 0 Å². The molecule has 2 atom stereocenters. The third kappa shape index (κ3) is 2.73. The molecule has 0 heterocycles. The van der Waals surface area contributed by atoms with E-state index in [-0.39, 0.29) is 57.8 Å². The van der Waals surface area contributed by atoms with Crippen LogP contribution >= 0.6 is 0 Å². The molecule has 0 saturated heterocycles. The van der Waals surface area contributed by atoms with Crippen LogP contribution in [0, 0.1) is 5.92 Å². The maximum atomic E-state index is 13.3. The number of hydrogen-bond acceptors (Lipinski definition) is 5. The lowest BCUT2D eigenvalue weighted by atomic mass is 9.69. The number of benzene rings is 3. The minimum atomic E-state index is -0.498. The van der Waals surface area contributed by atoms with Crippen LogP contribution in [0.2, 0.25) is 0 Å². The number of phenolic OH excluding ortho intramolecular Hbond substituents is 2. The van der Waals surface area contributed by atoms with Gasteiger partial charge < -0.3 is 10.2 Å². The molecule has 154 valence electrons. The van der Waals surface area contributed by atoms with E-state index in [1.807, 2.05) is 30.3 Å². The monoisotopic (exact) mass is 412 g/mol. The molecule has 5 nitrogen and oxygen atoms in total. The molecule has 31 heavy (non-hydrogen) atoms. The van der Waals surface area contributed by atoms with Crippen molar-refractivity contribution < 1.29 is 24.6 Å². The van der Waals surface area contributed by atoms with Gasteiger partial charge in [-0.2, -0.15) is 0 Å². The Bertz CT molecular complexity index is 1270. The van der Waals surface area contributed by atoms with Gasteiger partial charge >= 0.3 is 0 Å². The molecule has 0 amide bonds. The first kappa shape index (κ1) is 19.2. The zero-order valence-corrected chi connectivity index (χ0v) is 16.9. The predicted molar refractivity (Wildman–Crippen MR) is 114 cm³/mol. The van der Waals surface area contributed by atoms with E-state index in [2.05, 4.69) is 0 Å². The predicted octanol–water partition coefficient (Wildman–Crippen LogP) is 4.16. The van der Waals surface area contributed by atoms with E-state index in [9.17, 15) is 24.6 Å². The van der Waals surface area contributed by atoms with E-state index in [0.29, 0.717) is 17.5 Å². The fraction of sp³-hybridized carbons (Fsp3) is 0.192. The summed E-state index contributed by atoms with van der Waals surface area (Å²) in [6.45, 7) is 1.51. The highest BCUT2D eigenvalue weighted by molar-refractivity contribution is 6.30. The Hall–Kier alpha value is -3.73. The maximum absolute atomic E-state index is 13.3. The average Bonchev–Trinajstić information content (AvgIpc) is 2.79. The summed E-state index contributed by atoms with van der Waals surface area (Å²) in [4.78, 5) is 38.7. The molecule has 2 aliphatic rings. The summed E-state index contributed by atoms with van der Waals surface area (Å²) in [5, 5.41) is 22.5. The first-order valence-corrected chi connectivity index (χ1v) is 10.2. The first-order valence-electron chi connectivity index (χ1n) is 10.2. The third-order valence-electron chi connectivity index (χ3n) is 6.56. The number of rotatable bonds is 2. The van der Waals surface area contributed by atoms with Crippen molar-refractivity contribution in [3.05, 3.63) is 93.5 Å². The fourth-order valence-electron chi connectivity index (χ4n) is 5.00. The molecule has 3 aromatic carbocycles. The summed E-state index contributed by atoms with van der Waals surface area (Å²) in [5.41, 5.74) is 1.77. The topological polar surface area (TPSA) is 91.7 Å². The summed E-state index contributed by atoms with van der Waals surface area (Å²) >= 11 is 0. The second-order valence-corrected chi connectivity index (χ2v) is 8.25. The fourth-order valence-corrected chi connectivity index (χ4v) is 5.00. The molecule has 0 radical (unpaired) electrons. The summed E-state index contributed by atoms with van der Waals surface area (Å²) in [5.74, 6) is -2.31. The number of carbonyl (C=O) groups is 3. The molecular formula is C26H20O5. The SMILES string of the molecule is CC(=O)C1Cc2c(O)c3c(c(O)c2C(c2ccccc2)C1)C(=O)c1ccccc1C3=O. The van der Waals surface area contributed by atoms with Crippen LogP contribution in [0.3, 0.4) is 0 Å². The van der Waals surface area contributed by atoms with Crippen LogP contribution in [-0.4, -0.2) is 27.6 Å². The molecule has 0 saturated carbocycles. The van der Waals surface area contributed by atoms with Gasteiger partial charge in [-0.1, -0.05) is 54.6 Å². The van der Waals surface area contributed by atoms with Gasteiger partial charge in [-0.15, -0.1) is 0 Å². The molecule has 5 rings (SSSR count). The zero-order chi connectivity index (χ0) is 21.9. The molecule has 0 spiro atoms. The normalized spacial score (nSPS) is 19.4. The third-order valence-corrected chi connectivity index (χ3v) is 6.56. The Balaban J connectivity index is 1.82. The van der Waals surface area contributed by atoms with Crippen LogP contribution in [0.1, 0.15) is 67.8 Å². The van der Waals surface area contributed by atoms with Crippen LogP contribution < -0.4 is 0 Å². The smallest absolute Gasteiger partial charge is 0.198 e. The standard InChI is InChI=1S/C26H20O5/c1-13(27)15-11-18(14-7-3-2-4-8-14)20-19(12-15)25(30)21-22(26(20)31)24(29)17-10-6-5-9-16(17)23(21)28/h2-10,15,18,30-31H,11-12H2,1H3. The Labute approximate surface area is 179 Å². The number of ketones is 3. The van der Waals surface area contributed by atoms with Crippen LogP contribution in [0.5, 0.6) is 11.5 Å². The highest BCUT2D eigenvalue weighted by Gasteiger charge is 2.42. The van der Waals surface area contributed by atoms with Crippen molar-refractivity contribution in [2.45, 2.75) is 25.7 Å². The number of aromatic hydroxyl groups is 2. The van der Waals surface area contributed by atoms with E-state index in [4.69, 9.17) is 0 Å². The summed E-state index contributed by atoms with van der Waals surface area (Å²) < 4.78 is 0. The van der Waals surface area contributed by atoms with Gasteiger partial charge in [0.05, 0.1) is 11.1 Å². The molecule has 0 aromatic heterocycles. The second-order valence-electron chi connectivity index (χ2n) is 8.25. The number of hydrogen-bond donors (Lipinski definition) is 2. The van der Waals surface area contributed by atoms with Gasteiger partial charge in [-0.25, -0.2) is 0 Å². The summed E-state index contributed by atoms with van der Waals surface area (Å²) in [7, 11) is 0. The van der Waals surface area contributed by atoms with Gasteiger partial charge in [0.25, 0.3) is 0 Å². The lowest BCUT2D eigenvalue weighted by molar-refractivity contribution is -0.121. The Morgan fingerprint density at radius 3 is 1.97 bits per heavy atom. The van der Waals surface area contributed by atoms with Crippen molar-refractivity contribution in [3.63, 3.8) is 0 Å². The Kier molecular flexibility index (Phi) is 4.29. The van der Waals surface area contributed by atoms with Crippen molar-refractivity contribution in [2.24, 2.45) is 5.92 Å². The van der Waals surface area contributed by atoms with Crippen LogP contribution in [0.15, 0.2) is 54.6 Å². The molecule has 0 fully saturated rings. The van der Waals surface area contributed by atoms with Gasteiger partial charge in [-0.3, -0.25) is 14.4 Å². The van der Waals surface area contributed by atoms with Gasteiger partial charge in [-0.05, 0) is 25.3 Å². The number of Topliss-reactive ketones (excluding diaryl/α,β-unsaturated/α-hetero) is 1. The van der Waals surface area contributed by atoms with Crippen molar-refractivity contribution >= 4 is 17.3 Å². The van der Waals surface area contributed by atoms with Gasteiger partial charge in [0.1, 0.15) is 17.3 Å². The first-order chi connectivity index (χ1) is 14.9. The Morgan fingerprint density at radius 1 is 0.839 bits per heavy atom. The lowest BCUT2D eigenvalue weighted by Gasteiger charge is -2.34. The van der Waals surface area contributed by atoms with E-state index < -0.39 is 11.6 Å². The van der Waals surface area contributed by atoms with Crippen LogP contribution in [-0.2, 0) is 11.2 Å². The van der Waals surface area contributed by atoms with Crippen molar-refractivity contribution in [3.8, 4) is 11.5 Å². The minimum Gasteiger partial charge on any atom is -0.507 e. The maximum Gasteiger partial charge on any atom is 0.198 e. The minimum absolute atomic E-state index is 0.0176. The van der Waals surface area contributed by atoms with Crippen LogP contribution in [0.25, 0.3) is 0 Å². The lowest BCUT2D eigenvalue weighted by Crippen LogP contribution is -2.28. The quantitative estimate of drug-likeness (QED) is 0.483. The molecular weight excluding hydrogens is 392 g/mol. The molecule has 0 bridgehead atoms. The molecule has 2 N–H and O–H groups in total. The number of phenols is 2. The highest BCUT2D eigenvalue weighted by atomic mass is 16.3. The van der Waals surface area contributed by atoms with E-state index in [1.54, 1.807) is 24.3 Å². The van der Waals surface area contributed by atoms with E-state index >= 15 is 0 Å². The highest BCUT2D eigenvalue weighted by Crippen LogP contribution is 2.51. The van der Waals surface area contributed by atoms with Crippen molar-refractivity contribution in [1.82, 2.24) is 0 Å². The van der Waals surface area contributed by atoms with Gasteiger partial charge in [0.2, 0.25) is 0 Å². The van der Waals surface area contributed by atoms with Crippen molar-refractivity contribution in [2.75, 3.05) is 0 Å². The van der Waals surface area contributed by atoms with E-state index in [1.165, 1.54) is 6.92 Å². The molecule has 5 heteroatoms. The molecule has 3 aromatic rings. The van der Waals surface area contributed by atoms with E-state index in [0.717, 1.165) is 5.56 Å². The second kappa shape index (κ2) is 6.91. The van der Waals surface area contributed by atoms with Crippen LogP contribution in [0.4, 0.5) is 0 Å². The van der Waals surface area contributed by atoms with Gasteiger partial charge in [0, 0.05) is 34.1 Å². The summed E-state index contributed by atoms with van der Waals surface area (Å²) in [6, 6.07) is 15.8. The van der Waals surface area contributed by atoms with Gasteiger partial charge in [0.15, 0.2) is 11.6 Å². The number of fused-ring (bicyclic) bond motifs is 3. The largest absolute Gasteiger partial charge is 0.507 e. The zero-order valence-electron chi connectivity index (χ0n) is 16.9. The molecule has 0 aliphatic heterocycles. The molecule has 2 aliphatic carbocycles.